The number of hydrogen-bond donors (Lipinski definition) is 1. The Balaban J connectivity index is 2.91. The molecule has 0 aromatic carbocycles. The zero-order valence-corrected chi connectivity index (χ0v) is 35.4. The van der Waals surface area contributed by atoms with Crippen molar-refractivity contribution in [3.05, 3.63) is 0 Å². The van der Waals surface area contributed by atoms with Gasteiger partial charge in [0.1, 0.15) is 16.8 Å². The van der Waals surface area contributed by atoms with Gasteiger partial charge >= 0.3 is 17.9 Å². The normalized spacial score (nSPS) is 16.6. The van der Waals surface area contributed by atoms with Crippen LogP contribution < -0.4 is 5.32 Å². The van der Waals surface area contributed by atoms with Crippen LogP contribution in [0.25, 0.3) is 0 Å². The van der Waals surface area contributed by atoms with E-state index in [2.05, 4.69) is 12.2 Å². The number of carbonyl (C=O) groups is 4. The third-order valence-electron chi connectivity index (χ3n) is 7.79. The van der Waals surface area contributed by atoms with Crippen LogP contribution in [0.2, 0.25) is 0 Å². The highest BCUT2D eigenvalue weighted by atomic mass is 16.6. The van der Waals surface area contributed by atoms with E-state index in [1.807, 2.05) is 81.9 Å². The predicted molar refractivity (Wildman–Crippen MR) is 208 cm³/mol. The van der Waals surface area contributed by atoms with Crippen molar-refractivity contribution in [1.29, 1.82) is 0 Å². The molecule has 0 bridgehead atoms. The molecule has 1 aliphatic rings. The van der Waals surface area contributed by atoms with Crippen LogP contribution in [0.15, 0.2) is 0 Å². The van der Waals surface area contributed by atoms with E-state index in [9.17, 15) is 19.2 Å². The molecule has 316 valence electrons. The molecule has 0 aromatic heterocycles. The molecule has 0 radical (unpaired) electrons. The summed E-state index contributed by atoms with van der Waals surface area (Å²) in [6.45, 7) is 26.7. The van der Waals surface area contributed by atoms with Gasteiger partial charge in [0.05, 0.1) is 52.6 Å². The van der Waals surface area contributed by atoms with E-state index < -0.39 is 16.8 Å². The molecule has 0 aliphatic carbocycles. The van der Waals surface area contributed by atoms with Crippen LogP contribution in [0, 0.1) is 0 Å². The predicted octanol–water partition coefficient (Wildman–Crippen LogP) is 2.59. The summed E-state index contributed by atoms with van der Waals surface area (Å²) in [6, 6.07) is 0. The van der Waals surface area contributed by atoms with Crippen LogP contribution in [0.1, 0.15) is 88.5 Å². The lowest BCUT2D eigenvalue weighted by atomic mass is 10.2. The van der Waals surface area contributed by atoms with Gasteiger partial charge in [-0.15, -0.1) is 0 Å². The molecule has 1 saturated heterocycles. The lowest BCUT2D eigenvalue weighted by molar-refractivity contribution is -0.158. The molecule has 0 spiro atoms. The van der Waals surface area contributed by atoms with Gasteiger partial charge in [-0.1, -0.05) is 13.3 Å². The Morgan fingerprint density at radius 3 is 1.07 bits per heavy atom. The summed E-state index contributed by atoms with van der Waals surface area (Å²) in [7, 11) is 0. The van der Waals surface area contributed by atoms with E-state index in [0.717, 1.165) is 19.4 Å². The molecule has 0 unspecified atom stereocenters. The van der Waals surface area contributed by atoms with Crippen LogP contribution in [0.3, 0.4) is 0 Å². The van der Waals surface area contributed by atoms with E-state index in [1.165, 1.54) is 0 Å². The van der Waals surface area contributed by atoms with Crippen molar-refractivity contribution in [3.63, 3.8) is 0 Å². The SMILES string of the molecule is CCCCOCCOCCOCCCNC(=O)CN1CCN(CC(=O)OC(C)(C)C)CCN(CC(=O)OC(C)(C)C)CCN(CC(=O)OC(C)(C)C)CC1. The third-order valence-corrected chi connectivity index (χ3v) is 7.79. The minimum Gasteiger partial charge on any atom is -0.459 e. The van der Waals surface area contributed by atoms with E-state index in [0.29, 0.717) is 98.4 Å². The summed E-state index contributed by atoms with van der Waals surface area (Å²) in [4.78, 5) is 59.9. The van der Waals surface area contributed by atoms with Gasteiger partial charge in [0.15, 0.2) is 0 Å². The summed E-state index contributed by atoms with van der Waals surface area (Å²) in [5.41, 5.74) is -1.89. The first-order valence-electron chi connectivity index (χ1n) is 19.8. The van der Waals surface area contributed by atoms with Crippen molar-refractivity contribution in [3.8, 4) is 0 Å². The lowest BCUT2D eigenvalue weighted by Crippen LogP contribution is -2.50. The highest BCUT2D eigenvalue weighted by Crippen LogP contribution is 2.11. The Hall–Kier alpha value is -2.40. The number of nitrogens with zero attached hydrogens (tertiary/aromatic N) is 4. The summed E-state index contributed by atoms with van der Waals surface area (Å²) < 4.78 is 33.5. The first-order chi connectivity index (χ1) is 25.2. The average molecular weight is 774 g/mol. The largest absolute Gasteiger partial charge is 0.459 e. The average Bonchev–Trinajstić information content (AvgIpc) is 3.01. The number of unbranched alkanes of at least 4 members (excludes halogenated alkanes) is 1. The van der Waals surface area contributed by atoms with Crippen molar-refractivity contribution in [2.24, 2.45) is 0 Å². The molecule has 1 N–H and O–H groups in total. The molecule has 1 fully saturated rings. The van der Waals surface area contributed by atoms with Gasteiger partial charge in [0.2, 0.25) is 5.91 Å². The monoisotopic (exact) mass is 774 g/mol. The van der Waals surface area contributed by atoms with E-state index in [1.54, 1.807) is 0 Å². The van der Waals surface area contributed by atoms with Gasteiger partial charge in [-0.25, -0.2) is 0 Å². The molecule has 0 atom stereocenters. The number of esters is 3. The van der Waals surface area contributed by atoms with Gasteiger partial charge in [-0.05, 0) is 75.2 Å². The molecule has 54 heavy (non-hydrogen) atoms. The Kier molecular flexibility index (Phi) is 24.3. The lowest BCUT2D eigenvalue weighted by Gasteiger charge is -2.34. The fourth-order valence-corrected chi connectivity index (χ4v) is 5.33. The Morgan fingerprint density at radius 1 is 0.463 bits per heavy atom. The number of amides is 1. The van der Waals surface area contributed by atoms with Crippen LogP contribution >= 0.6 is 0 Å². The smallest absolute Gasteiger partial charge is 0.320 e. The summed E-state index contributed by atoms with van der Waals surface area (Å²) in [5.74, 6) is -1.14. The zero-order chi connectivity index (χ0) is 40.6. The second-order valence-corrected chi connectivity index (χ2v) is 16.8. The molecule has 1 heterocycles. The molecule has 0 saturated carbocycles. The van der Waals surface area contributed by atoms with Crippen LogP contribution in [-0.2, 0) is 47.6 Å². The van der Waals surface area contributed by atoms with Gasteiger partial charge < -0.3 is 33.7 Å². The van der Waals surface area contributed by atoms with Gasteiger partial charge in [0.25, 0.3) is 0 Å². The van der Waals surface area contributed by atoms with Crippen molar-refractivity contribution in [2.75, 3.05) is 125 Å². The molecule has 0 aromatic rings. The molecule has 15 nitrogen and oxygen atoms in total. The summed E-state index contributed by atoms with van der Waals surface area (Å²) >= 11 is 0. The van der Waals surface area contributed by atoms with Crippen molar-refractivity contribution >= 4 is 23.8 Å². The number of nitrogens with one attached hydrogen (secondary N) is 1. The number of rotatable bonds is 21. The van der Waals surface area contributed by atoms with Crippen LogP contribution in [0.4, 0.5) is 0 Å². The molecule has 1 aliphatic heterocycles. The second-order valence-electron chi connectivity index (χ2n) is 16.8. The number of ether oxygens (including phenoxy) is 6. The van der Waals surface area contributed by atoms with Gasteiger partial charge in [-0.3, -0.25) is 38.8 Å². The molecular formula is C39H75N5O10. The van der Waals surface area contributed by atoms with E-state index in [-0.39, 0.29) is 50.0 Å². The fourth-order valence-electron chi connectivity index (χ4n) is 5.33. The number of hydrogen-bond acceptors (Lipinski definition) is 14. The quantitative estimate of drug-likeness (QED) is 0.104. The van der Waals surface area contributed by atoms with Crippen molar-refractivity contribution in [2.45, 2.75) is 105 Å². The van der Waals surface area contributed by atoms with E-state index in [4.69, 9.17) is 28.4 Å². The fraction of sp³-hybridized carbons (Fsp3) is 0.897. The van der Waals surface area contributed by atoms with Crippen LogP contribution in [0.5, 0.6) is 0 Å². The maximum absolute atomic E-state index is 13.1. The number of carbonyl (C=O) groups excluding carboxylic acids is 4. The molecular weight excluding hydrogens is 698 g/mol. The van der Waals surface area contributed by atoms with Crippen molar-refractivity contribution in [1.82, 2.24) is 24.9 Å². The molecule has 1 rings (SSSR count). The third kappa shape index (κ3) is 29.0. The minimum atomic E-state index is -0.629. The van der Waals surface area contributed by atoms with Gasteiger partial charge in [0, 0.05) is 72.1 Å². The second kappa shape index (κ2) is 26.5. The first-order valence-corrected chi connectivity index (χ1v) is 19.8. The minimum absolute atomic E-state index is 0.0670. The standard InChI is InChI=1S/C39H75N5O10/c1-11-12-23-49-25-27-51-28-26-50-24-13-14-40-33(45)29-41-15-17-42(30-34(46)52-37(2,3)4)19-21-44(32-36(48)54-39(8,9)10)22-20-43(18-16-41)31-35(47)53-38(5,6)7/h11-32H2,1-10H3,(H,40,45). The van der Waals surface area contributed by atoms with Gasteiger partial charge in [-0.2, -0.15) is 0 Å². The van der Waals surface area contributed by atoms with E-state index >= 15 is 0 Å². The Bertz CT molecular complexity index is 1030. The van der Waals surface area contributed by atoms with Crippen LogP contribution in [-0.4, -0.2) is 185 Å². The molecule has 15 heteroatoms. The maximum atomic E-state index is 13.1. The summed E-state index contributed by atoms with van der Waals surface area (Å²) in [5, 5.41) is 3.00. The maximum Gasteiger partial charge on any atom is 0.320 e. The molecule has 1 amide bonds. The topological polar surface area (TPSA) is 149 Å². The Morgan fingerprint density at radius 2 is 0.759 bits per heavy atom. The van der Waals surface area contributed by atoms with Crippen molar-refractivity contribution < 1.29 is 47.6 Å². The highest BCUT2D eigenvalue weighted by Gasteiger charge is 2.26. The Labute approximate surface area is 326 Å². The zero-order valence-electron chi connectivity index (χ0n) is 35.4. The summed E-state index contributed by atoms with van der Waals surface area (Å²) in [6.07, 6.45) is 2.83. The highest BCUT2D eigenvalue weighted by molar-refractivity contribution is 5.78. The first kappa shape index (κ1) is 49.6.